The summed E-state index contributed by atoms with van der Waals surface area (Å²) in [7, 11) is 0. The zero-order valence-corrected chi connectivity index (χ0v) is 23.1. The first-order valence-corrected chi connectivity index (χ1v) is 14.8. The van der Waals surface area contributed by atoms with Crippen molar-refractivity contribution in [3.63, 3.8) is 0 Å². The van der Waals surface area contributed by atoms with E-state index in [-0.39, 0.29) is 6.04 Å². The molecule has 204 valence electrons. The van der Waals surface area contributed by atoms with Crippen molar-refractivity contribution >= 4 is 0 Å². The summed E-state index contributed by atoms with van der Waals surface area (Å²) >= 11 is 0. The van der Waals surface area contributed by atoms with Crippen LogP contribution < -0.4 is 4.74 Å². The first-order chi connectivity index (χ1) is 19.8. The van der Waals surface area contributed by atoms with Crippen LogP contribution in [0.4, 0.5) is 0 Å². The van der Waals surface area contributed by atoms with Crippen LogP contribution in [0.3, 0.4) is 0 Å². The number of hydrogen-bond acceptors (Lipinski definition) is 4. The first kappa shape index (κ1) is 26.5. The molecule has 4 aromatic rings. The molecule has 1 aliphatic heterocycles. The topological polar surface area (TPSA) is 41.9 Å². The Morgan fingerprint density at radius 2 is 1.52 bits per heavy atom. The van der Waals surface area contributed by atoms with Gasteiger partial charge in [0.05, 0.1) is 0 Å². The fourth-order valence-corrected chi connectivity index (χ4v) is 6.64. The minimum atomic E-state index is -0.265. The van der Waals surface area contributed by atoms with E-state index in [9.17, 15) is 4.91 Å². The van der Waals surface area contributed by atoms with Crippen LogP contribution in [0.5, 0.6) is 5.75 Å². The SMILES string of the molecule is O=NC1c2ccc(OCc3ccccc3-c3ccccc3)cc2CCC1CCN1CCC(c2ccccc2)CC1. The van der Waals surface area contributed by atoms with Crippen molar-refractivity contribution in [1.82, 2.24) is 4.90 Å². The average Bonchev–Trinajstić information content (AvgIpc) is 3.03. The summed E-state index contributed by atoms with van der Waals surface area (Å²) in [6.45, 7) is 3.82. The molecule has 0 radical (unpaired) electrons. The number of piperidine rings is 1. The van der Waals surface area contributed by atoms with Crippen molar-refractivity contribution in [2.75, 3.05) is 19.6 Å². The van der Waals surface area contributed by atoms with E-state index in [4.69, 9.17) is 4.74 Å². The number of aryl methyl sites for hydroxylation is 1. The zero-order chi connectivity index (χ0) is 27.1. The van der Waals surface area contributed by atoms with Gasteiger partial charge in [0, 0.05) is 0 Å². The van der Waals surface area contributed by atoms with Crippen LogP contribution in [0.25, 0.3) is 11.1 Å². The molecule has 0 N–H and O–H groups in total. The van der Waals surface area contributed by atoms with Crippen molar-refractivity contribution in [2.45, 2.75) is 50.7 Å². The number of rotatable bonds is 9. The predicted molar refractivity (Wildman–Crippen MR) is 162 cm³/mol. The maximum absolute atomic E-state index is 12.1. The van der Waals surface area contributed by atoms with Gasteiger partial charge in [-0.05, 0) is 109 Å². The minimum absolute atomic E-state index is 0.265. The Hall–Kier alpha value is -3.76. The van der Waals surface area contributed by atoms with Crippen molar-refractivity contribution in [3.8, 4) is 16.9 Å². The lowest BCUT2D eigenvalue weighted by Crippen LogP contribution is -2.35. The van der Waals surface area contributed by atoms with E-state index in [2.05, 4.69) is 101 Å². The van der Waals surface area contributed by atoms with Gasteiger partial charge < -0.3 is 9.64 Å². The number of likely N-dealkylation sites (tertiary alicyclic amines) is 1. The standard InChI is InChI=1S/C36H38N2O2/c39-37-36-30(21-24-38-22-19-28(20-23-38)27-9-3-1-4-10-27)15-16-31-25-33(17-18-35(31)36)40-26-32-13-7-8-14-34(32)29-11-5-2-6-12-29/h1-14,17-18,25,28,30,36H,15-16,19-24,26H2. The van der Waals surface area contributed by atoms with E-state index in [1.54, 1.807) is 0 Å². The van der Waals surface area contributed by atoms with Crippen molar-refractivity contribution in [1.29, 1.82) is 0 Å². The van der Waals surface area contributed by atoms with Gasteiger partial charge in [-0.2, -0.15) is 4.91 Å². The molecule has 4 heteroatoms. The molecule has 1 heterocycles. The van der Waals surface area contributed by atoms with Crippen LogP contribution >= 0.6 is 0 Å². The highest BCUT2D eigenvalue weighted by Crippen LogP contribution is 2.41. The molecule has 2 aliphatic rings. The first-order valence-electron chi connectivity index (χ1n) is 14.8. The fourth-order valence-electron chi connectivity index (χ4n) is 6.64. The molecule has 4 nitrogen and oxygen atoms in total. The van der Waals surface area contributed by atoms with Crippen LogP contribution in [-0.2, 0) is 13.0 Å². The van der Waals surface area contributed by atoms with Crippen LogP contribution in [0, 0.1) is 10.8 Å². The second-order valence-corrected chi connectivity index (χ2v) is 11.3. The Morgan fingerprint density at radius 1 is 0.800 bits per heavy atom. The molecular weight excluding hydrogens is 492 g/mol. The monoisotopic (exact) mass is 530 g/mol. The van der Waals surface area contributed by atoms with Crippen molar-refractivity contribution in [2.24, 2.45) is 11.1 Å². The largest absolute Gasteiger partial charge is 0.489 e. The normalized spacial score (nSPS) is 19.6. The average molecular weight is 531 g/mol. The Morgan fingerprint density at radius 3 is 2.30 bits per heavy atom. The lowest BCUT2D eigenvalue weighted by molar-refractivity contribution is 0.189. The van der Waals surface area contributed by atoms with Gasteiger partial charge in [-0.25, -0.2) is 0 Å². The molecule has 1 fully saturated rings. The zero-order valence-electron chi connectivity index (χ0n) is 23.1. The van der Waals surface area contributed by atoms with E-state index in [0.717, 1.165) is 55.8 Å². The summed E-state index contributed by atoms with van der Waals surface area (Å²) in [5.41, 5.74) is 7.31. The fraction of sp³-hybridized carbons (Fsp3) is 0.333. The lowest BCUT2D eigenvalue weighted by Gasteiger charge is -2.35. The summed E-state index contributed by atoms with van der Waals surface area (Å²) in [5, 5.41) is 3.64. The summed E-state index contributed by atoms with van der Waals surface area (Å²) < 4.78 is 6.27. The summed E-state index contributed by atoms with van der Waals surface area (Å²) in [6.07, 6.45) is 5.43. The van der Waals surface area contributed by atoms with Crippen molar-refractivity contribution in [3.05, 3.63) is 130 Å². The number of ether oxygens (including phenoxy) is 1. The molecule has 0 bridgehead atoms. The third kappa shape index (κ3) is 6.03. The second kappa shape index (κ2) is 12.6. The van der Waals surface area contributed by atoms with Gasteiger partial charge in [0.25, 0.3) is 0 Å². The lowest BCUT2D eigenvalue weighted by atomic mass is 9.78. The Balaban J connectivity index is 1.05. The van der Waals surface area contributed by atoms with Gasteiger partial charge >= 0.3 is 0 Å². The second-order valence-electron chi connectivity index (χ2n) is 11.3. The molecule has 1 saturated heterocycles. The minimum Gasteiger partial charge on any atom is -0.489 e. The smallest absolute Gasteiger partial charge is 0.120 e. The highest BCUT2D eigenvalue weighted by atomic mass is 16.5. The van der Waals surface area contributed by atoms with E-state index in [0.29, 0.717) is 18.4 Å². The highest BCUT2D eigenvalue weighted by molar-refractivity contribution is 5.67. The molecule has 0 saturated carbocycles. The van der Waals surface area contributed by atoms with E-state index in [1.165, 1.54) is 35.1 Å². The van der Waals surface area contributed by atoms with Gasteiger partial charge in [-0.1, -0.05) is 96.2 Å². The predicted octanol–water partition coefficient (Wildman–Crippen LogP) is 8.57. The van der Waals surface area contributed by atoms with Gasteiger partial charge in [0.1, 0.15) is 18.4 Å². The molecule has 0 spiro atoms. The number of benzene rings is 4. The molecule has 1 aliphatic carbocycles. The van der Waals surface area contributed by atoms with Gasteiger partial charge in [0.15, 0.2) is 0 Å². The molecule has 0 aromatic heterocycles. The van der Waals surface area contributed by atoms with E-state index >= 15 is 0 Å². The Kier molecular flexibility index (Phi) is 8.34. The molecule has 2 unspecified atom stereocenters. The molecule has 2 atom stereocenters. The van der Waals surface area contributed by atoms with Crippen LogP contribution in [-0.4, -0.2) is 24.5 Å². The Bertz CT molecular complexity index is 1400. The van der Waals surface area contributed by atoms with Crippen LogP contribution in [0.2, 0.25) is 0 Å². The Labute approximate surface area is 238 Å². The number of nitroso groups, excluding NO2 is 1. The number of hydrogen-bond donors (Lipinski definition) is 0. The molecule has 4 aromatic carbocycles. The third-order valence-electron chi connectivity index (χ3n) is 8.95. The molecule has 0 amide bonds. The maximum Gasteiger partial charge on any atom is 0.120 e. The quantitative estimate of drug-likeness (QED) is 0.204. The molecule has 40 heavy (non-hydrogen) atoms. The van der Waals surface area contributed by atoms with E-state index < -0.39 is 0 Å². The highest BCUT2D eigenvalue weighted by Gasteiger charge is 2.31. The number of nitrogens with zero attached hydrogens (tertiary/aromatic N) is 2. The summed E-state index contributed by atoms with van der Waals surface area (Å²) in [5.74, 6) is 1.83. The summed E-state index contributed by atoms with van der Waals surface area (Å²) in [4.78, 5) is 14.6. The maximum atomic E-state index is 12.1. The van der Waals surface area contributed by atoms with Gasteiger partial charge in [-0.3, -0.25) is 0 Å². The summed E-state index contributed by atoms with van der Waals surface area (Å²) in [6, 6.07) is 35.7. The number of fused-ring (bicyclic) bond motifs is 1. The molecule has 6 rings (SSSR count). The van der Waals surface area contributed by atoms with Gasteiger partial charge in [-0.15, -0.1) is 0 Å². The van der Waals surface area contributed by atoms with Gasteiger partial charge in [0.2, 0.25) is 0 Å². The van der Waals surface area contributed by atoms with Crippen molar-refractivity contribution < 1.29 is 4.74 Å². The third-order valence-corrected chi connectivity index (χ3v) is 8.95. The van der Waals surface area contributed by atoms with Crippen LogP contribution in [0.1, 0.15) is 59.9 Å². The van der Waals surface area contributed by atoms with Crippen LogP contribution in [0.15, 0.2) is 108 Å². The molecular formula is C36H38N2O2. The van der Waals surface area contributed by atoms with E-state index in [1.807, 2.05) is 12.1 Å².